The maximum absolute atomic E-state index is 15.2. The Morgan fingerprint density at radius 1 is 1.08 bits per heavy atom. The Kier molecular flexibility index (Phi) is 5.99. The van der Waals surface area contributed by atoms with Crippen molar-refractivity contribution in [2.45, 2.75) is 32.4 Å². The highest BCUT2D eigenvalue weighted by atomic mass is 19.2. The minimum absolute atomic E-state index is 0.0392. The second-order valence-corrected chi connectivity index (χ2v) is 8.83. The molecule has 2 aliphatic heterocycles. The van der Waals surface area contributed by atoms with Gasteiger partial charge in [-0.25, -0.2) is 4.39 Å². The molecule has 3 heterocycles. The predicted molar refractivity (Wildman–Crippen MR) is 130 cm³/mol. The van der Waals surface area contributed by atoms with Crippen LogP contribution in [0.5, 0.6) is 11.5 Å². The summed E-state index contributed by atoms with van der Waals surface area (Å²) in [6.45, 7) is 3.81. The number of carbonyl (C=O) groups excluding carboxylic acids is 1. The van der Waals surface area contributed by atoms with Crippen LogP contribution in [0.15, 0.2) is 65.6 Å². The highest BCUT2D eigenvalue weighted by molar-refractivity contribution is 5.96. The average molecular weight is 494 g/mol. The highest BCUT2D eigenvalue weighted by Crippen LogP contribution is 2.40. The van der Waals surface area contributed by atoms with Crippen LogP contribution in [0, 0.1) is 18.6 Å². The van der Waals surface area contributed by atoms with E-state index >= 15 is 4.39 Å². The van der Waals surface area contributed by atoms with Gasteiger partial charge in [-0.1, -0.05) is 37.3 Å². The summed E-state index contributed by atoms with van der Waals surface area (Å²) in [5, 5.41) is 12.4. The summed E-state index contributed by atoms with van der Waals surface area (Å²) in [6.07, 6.45) is 5.36. The average Bonchev–Trinajstić information content (AvgIpc) is 2.89. The van der Waals surface area contributed by atoms with Gasteiger partial charge in [0.15, 0.2) is 23.0 Å². The molecule has 2 bridgehead atoms. The van der Waals surface area contributed by atoms with E-state index in [-0.39, 0.29) is 24.7 Å². The molecule has 5 rings (SSSR count). The lowest BCUT2D eigenvalue weighted by molar-refractivity contribution is 0.0626. The number of benzene rings is 2. The van der Waals surface area contributed by atoms with Crippen LogP contribution in [-0.2, 0) is 0 Å². The van der Waals surface area contributed by atoms with Crippen molar-refractivity contribution in [3.05, 3.63) is 105 Å². The molecule has 1 N–H and O–H groups in total. The normalized spacial score (nSPS) is 20.2. The molecule has 1 aromatic heterocycles. The minimum Gasteiger partial charge on any atom is -0.502 e. The van der Waals surface area contributed by atoms with Crippen molar-refractivity contribution in [1.29, 1.82) is 0 Å². The fourth-order valence-corrected chi connectivity index (χ4v) is 4.91. The van der Waals surface area contributed by atoms with Gasteiger partial charge in [0.2, 0.25) is 11.2 Å². The van der Waals surface area contributed by atoms with Gasteiger partial charge < -0.3 is 14.7 Å². The third-order valence-electron chi connectivity index (χ3n) is 6.75. The molecular formula is C27H25F2N3O4. The zero-order valence-corrected chi connectivity index (χ0v) is 19.8. The van der Waals surface area contributed by atoms with Gasteiger partial charge in [0.25, 0.3) is 5.91 Å². The number of carbonyl (C=O) groups is 1. The molecule has 36 heavy (non-hydrogen) atoms. The number of fused-ring (bicyclic) bond motifs is 5. The Morgan fingerprint density at radius 2 is 1.86 bits per heavy atom. The fraction of sp³-hybridized carbons (Fsp3) is 0.259. The molecule has 0 aliphatic carbocycles. The number of rotatable bonds is 2. The second kappa shape index (κ2) is 9.14. The van der Waals surface area contributed by atoms with E-state index in [0.29, 0.717) is 12.0 Å². The lowest BCUT2D eigenvalue weighted by Crippen LogP contribution is -2.57. The Morgan fingerprint density at radius 3 is 2.61 bits per heavy atom. The number of halogens is 2. The van der Waals surface area contributed by atoms with E-state index in [0.717, 1.165) is 17.2 Å². The molecule has 0 radical (unpaired) electrons. The summed E-state index contributed by atoms with van der Waals surface area (Å²) in [5.74, 6) is -3.57. The first-order valence-electron chi connectivity index (χ1n) is 11.7. The fourth-order valence-electron chi connectivity index (χ4n) is 4.91. The molecule has 2 aliphatic rings. The molecule has 2 aromatic carbocycles. The third kappa shape index (κ3) is 3.71. The van der Waals surface area contributed by atoms with Crippen LogP contribution in [0.25, 0.3) is 0 Å². The first-order valence-corrected chi connectivity index (χ1v) is 11.7. The number of nitrogens with zero attached hydrogens (tertiary/aromatic N) is 3. The maximum Gasteiger partial charge on any atom is 0.278 e. The van der Waals surface area contributed by atoms with Gasteiger partial charge in [-0.15, -0.1) is 0 Å². The number of aromatic nitrogens is 1. The SMILES string of the molecule is CC[C@@H]1/C=C/COc2c(ccc(F)c2F)[C@@H](c2ccccc2C)N2CN1C(=O)c1c(O)c(=O)ccn12. The monoisotopic (exact) mass is 493 g/mol. The number of hydrogen-bond donors (Lipinski definition) is 1. The van der Waals surface area contributed by atoms with Crippen molar-refractivity contribution >= 4 is 5.91 Å². The van der Waals surface area contributed by atoms with E-state index in [2.05, 4.69) is 0 Å². The summed E-state index contributed by atoms with van der Waals surface area (Å²) in [4.78, 5) is 27.5. The minimum atomic E-state index is -1.11. The number of pyridine rings is 1. The molecule has 186 valence electrons. The van der Waals surface area contributed by atoms with Crippen LogP contribution < -0.4 is 15.2 Å². The number of aryl methyl sites for hydroxylation is 1. The first kappa shape index (κ1) is 23.6. The van der Waals surface area contributed by atoms with Crippen LogP contribution >= 0.6 is 0 Å². The molecule has 0 saturated carbocycles. The van der Waals surface area contributed by atoms with Crippen molar-refractivity contribution < 1.29 is 23.4 Å². The summed E-state index contributed by atoms with van der Waals surface area (Å²) < 4.78 is 36.7. The molecule has 3 aromatic rings. The van der Waals surface area contributed by atoms with E-state index in [9.17, 15) is 19.1 Å². The maximum atomic E-state index is 15.2. The lowest BCUT2D eigenvalue weighted by atomic mass is 9.93. The van der Waals surface area contributed by atoms with E-state index in [1.807, 2.05) is 38.1 Å². The number of aromatic hydroxyl groups is 1. The van der Waals surface area contributed by atoms with Crippen molar-refractivity contribution in [1.82, 2.24) is 9.58 Å². The van der Waals surface area contributed by atoms with Crippen LogP contribution in [-0.4, -0.2) is 39.9 Å². The van der Waals surface area contributed by atoms with Crippen LogP contribution in [0.1, 0.15) is 46.6 Å². The van der Waals surface area contributed by atoms with Crippen molar-refractivity contribution in [3.8, 4) is 11.5 Å². The van der Waals surface area contributed by atoms with Crippen molar-refractivity contribution in [3.63, 3.8) is 0 Å². The van der Waals surface area contributed by atoms with Gasteiger partial charge in [0, 0.05) is 17.8 Å². The molecule has 2 atom stereocenters. The van der Waals surface area contributed by atoms with Gasteiger partial charge >= 0.3 is 0 Å². The van der Waals surface area contributed by atoms with Gasteiger partial charge in [-0.05, 0) is 42.7 Å². The van der Waals surface area contributed by atoms with E-state index in [1.165, 1.54) is 23.0 Å². The van der Waals surface area contributed by atoms with Gasteiger partial charge in [0.1, 0.15) is 19.3 Å². The topological polar surface area (TPSA) is 75.0 Å². The van der Waals surface area contributed by atoms with E-state index in [1.54, 1.807) is 22.1 Å². The number of hydrogen-bond acceptors (Lipinski definition) is 5. The molecular weight excluding hydrogens is 468 g/mol. The highest BCUT2D eigenvalue weighted by Gasteiger charge is 2.40. The summed E-state index contributed by atoms with van der Waals surface area (Å²) in [6, 6.07) is 9.98. The molecule has 0 spiro atoms. The van der Waals surface area contributed by atoms with Gasteiger partial charge in [-0.2, -0.15) is 4.39 Å². The number of amides is 1. The van der Waals surface area contributed by atoms with Crippen molar-refractivity contribution in [2.24, 2.45) is 0 Å². The molecule has 0 fully saturated rings. The molecule has 1 amide bonds. The molecule has 0 saturated heterocycles. The van der Waals surface area contributed by atoms with Gasteiger partial charge in [0.05, 0.1) is 6.04 Å². The Hall–Kier alpha value is -4.14. The van der Waals surface area contributed by atoms with Crippen molar-refractivity contribution in [2.75, 3.05) is 18.3 Å². The van der Waals surface area contributed by atoms with Crippen LogP contribution in [0.4, 0.5) is 8.78 Å². The van der Waals surface area contributed by atoms with E-state index < -0.39 is 40.8 Å². The molecule has 9 heteroatoms. The first-order chi connectivity index (χ1) is 17.3. The summed E-state index contributed by atoms with van der Waals surface area (Å²) in [7, 11) is 0. The smallest absolute Gasteiger partial charge is 0.278 e. The zero-order chi connectivity index (χ0) is 25.6. The Labute approximate surface area is 206 Å². The summed E-state index contributed by atoms with van der Waals surface area (Å²) >= 11 is 0. The van der Waals surface area contributed by atoms with Crippen LogP contribution in [0.3, 0.4) is 0 Å². The molecule has 0 unspecified atom stereocenters. The van der Waals surface area contributed by atoms with Crippen LogP contribution in [0.2, 0.25) is 0 Å². The number of ether oxygens (including phenoxy) is 1. The second-order valence-electron chi connectivity index (χ2n) is 8.83. The quantitative estimate of drug-likeness (QED) is 0.546. The largest absolute Gasteiger partial charge is 0.502 e. The Balaban J connectivity index is 1.87. The lowest BCUT2D eigenvalue weighted by Gasteiger charge is -2.46. The van der Waals surface area contributed by atoms with E-state index in [4.69, 9.17) is 4.74 Å². The van der Waals surface area contributed by atoms with Gasteiger partial charge in [-0.3, -0.25) is 19.3 Å². The third-order valence-corrected chi connectivity index (χ3v) is 6.75. The molecule has 7 nitrogen and oxygen atoms in total. The zero-order valence-electron chi connectivity index (χ0n) is 19.8. The Bertz CT molecular complexity index is 1440. The predicted octanol–water partition coefficient (Wildman–Crippen LogP) is 4.01. The standard InChI is InChI=1S/C27H25F2N3O4/c1-3-17-8-6-14-36-26-19(10-11-20(28)22(26)29)23(18-9-5-4-7-16(18)2)32-15-30(17)27(35)24-25(34)21(33)12-13-31(24)32/h4-13,17,23,34H,3,14-15H2,1-2H3/b8-6+/t17-,23-/m1/s1. The summed E-state index contributed by atoms with van der Waals surface area (Å²) in [5.41, 5.74) is 1.09.